The van der Waals surface area contributed by atoms with E-state index in [0.29, 0.717) is 18.9 Å². The Bertz CT molecular complexity index is 841. The van der Waals surface area contributed by atoms with Crippen molar-refractivity contribution in [2.45, 2.75) is 77.3 Å². The van der Waals surface area contributed by atoms with Gasteiger partial charge in [0.25, 0.3) is 0 Å². The summed E-state index contributed by atoms with van der Waals surface area (Å²) in [5.74, 6) is 1.80. The molecule has 0 radical (unpaired) electrons. The minimum atomic E-state index is -0.574. The first-order chi connectivity index (χ1) is 15.5. The van der Waals surface area contributed by atoms with Crippen LogP contribution in [0.15, 0.2) is 18.2 Å². The van der Waals surface area contributed by atoms with E-state index in [1.807, 2.05) is 0 Å². The second kappa shape index (κ2) is 10.2. The number of piperidine rings is 2. The molecule has 0 bridgehead atoms. The van der Waals surface area contributed by atoms with Gasteiger partial charge in [-0.2, -0.15) is 0 Å². The molecule has 1 atom stereocenters. The van der Waals surface area contributed by atoms with Crippen LogP contribution in [-0.2, 0) is 20.9 Å². The molecule has 1 aliphatic carbocycles. The topological polar surface area (TPSA) is 69.7 Å². The molecule has 2 saturated heterocycles. The molecule has 3 fully saturated rings. The summed E-state index contributed by atoms with van der Waals surface area (Å²) in [6.07, 6.45) is 7.93. The van der Waals surface area contributed by atoms with Crippen LogP contribution in [0.25, 0.3) is 0 Å². The molecule has 1 saturated carbocycles. The highest BCUT2D eigenvalue weighted by atomic mass is 16.2. The zero-order chi connectivity index (χ0) is 22.7. The molecule has 2 aliphatic heterocycles. The van der Waals surface area contributed by atoms with E-state index in [4.69, 9.17) is 0 Å². The number of rotatable bonds is 8. The molecule has 3 aliphatic rings. The summed E-state index contributed by atoms with van der Waals surface area (Å²) in [7, 11) is 0. The first-order valence-corrected chi connectivity index (χ1v) is 12.3. The molecule has 174 valence electrons. The first kappa shape index (κ1) is 23.0. The number of aryl methyl sites for hydroxylation is 1. The summed E-state index contributed by atoms with van der Waals surface area (Å²) in [5, 5.41) is 2.36. The summed E-state index contributed by atoms with van der Waals surface area (Å²) in [4.78, 5) is 39.7. The third-order valence-electron chi connectivity index (χ3n) is 7.96. The van der Waals surface area contributed by atoms with Crippen LogP contribution in [-0.4, -0.2) is 53.7 Å². The van der Waals surface area contributed by atoms with Crippen molar-refractivity contribution in [1.29, 1.82) is 0 Å². The van der Waals surface area contributed by atoms with Crippen molar-refractivity contribution in [3.8, 4) is 0 Å². The van der Waals surface area contributed by atoms with Crippen molar-refractivity contribution in [1.82, 2.24) is 15.1 Å². The number of benzene rings is 1. The molecule has 2 heterocycles. The summed E-state index contributed by atoms with van der Waals surface area (Å²) < 4.78 is 0. The van der Waals surface area contributed by atoms with Crippen molar-refractivity contribution in [2.75, 3.05) is 19.6 Å². The SMILES string of the molecule is CCC1CC(CN2CCC(c3ccc(C)c(CN(C=O)C4CCC(=O)NC4=O)c3)CC2)C1. The predicted octanol–water partition coefficient (Wildman–Crippen LogP) is 3.37. The van der Waals surface area contributed by atoms with Crippen molar-refractivity contribution < 1.29 is 14.4 Å². The van der Waals surface area contributed by atoms with Crippen LogP contribution in [0.2, 0.25) is 0 Å². The maximum Gasteiger partial charge on any atom is 0.249 e. The van der Waals surface area contributed by atoms with Crippen LogP contribution in [0.1, 0.15) is 74.5 Å². The van der Waals surface area contributed by atoms with E-state index in [9.17, 15) is 14.4 Å². The molecule has 1 unspecified atom stereocenters. The number of amides is 3. The van der Waals surface area contributed by atoms with Gasteiger partial charge in [-0.05, 0) is 86.6 Å². The lowest BCUT2D eigenvalue weighted by Crippen LogP contribution is -2.51. The zero-order valence-electron chi connectivity index (χ0n) is 19.5. The summed E-state index contributed by atoms with van der Waals surface area (Å²) in [5.41, 5.74) is 3.55. The average molecular weight is 440 g/mol. The number of nitrogens with zero attached hydrogens (tertiary/aromatic N) is 2. The summed E-state index contributed by atoms with van der Waals surface area (Å²) in [6.45, 7) is 8.35. The van der Waals surface area contributed by atoms with Crippen LogP contribution in [0.3, 0.4) is 0 Å². The number of hydrogen-bond acceptors (Lipinski definition) is 4. The van der Waals surface area contributed by atoms with Gasteiger partial charge in [-0.15, -0.1) is 0 Å². The van der Waals surface area contributed by atoms with Gasteiger partial charge in [0.05, 0.1) is 0 Å². The van der Waals surface area contributed by atoms with Crippen molar-refractivity contribution in [3.63, 3.8) is 0 Å². The summed E-state index contributed by atoms with van der Waals surface area (Å²) >= 11 is 0. The molecule has 4 rings (SSSR count). The molecule has 6 nitrogen and oxygen atoms in total. The Labute approximate surface area is 191 Å². The third kappa shape index (κ3) is 5.22. The number of imide groups is 1. The zero-order valence-corrected chi connectivity index (χ0v) is 19.5. The van der Waals surface area contributed by atoms with E-state index in [1.54, 1.807) is 4.90 Å². The van der Waals surface area contributed by atoms with Gasteiger partial charge in [-0.3, -0.25) is 19.7 Å². The highest BCUT2D eigenvalue weighted by molar-refractivity contribution is 6.00. The molecular formula is C26H37N3O3. The van der Waals surface area contributed by atoms with Crippen molar-refractivity contribution in [2.24, 2.45) is 11.8 Å². The van der Waals surface area contributed by atoms with Crippen molar-refractivity contribution >= 4 is 18.2 Å². The Morgan fingerprint density at radius 1 is 1.12 bits per heavy atom. The van der Waals surface area contributed by atoms with Gasteiger partial charge in [0, 0.05) is 19.5 Å². The lowest BCUT2D eigenvalue weighted by Gasteiger charge is -2.40. The van der Waals surface area contributed by atoms with Crippen molar-refractivity contribution in [3.05, 3.63) is 34.9 Å². The van der Waals surface area contributed by atoms with Crippen LogP contribution in [0.5, 0.6) is 0 Å². The van der Waals surface area contributed by atoms with Gasteiger partial charge in [0.1, 0.15) is 6.04 Å². The van der Waals surface area contributed by atoms with Crippen LogP contribution in [0.4, 0.5) is 0 Å². The van der Waals surface area contributed by atoms with Crippen LogP contribution in [0, 0.1) is 18.8 Å². The standard InChI is InChI=1S/C26H37N3O3/c1-3-19-12-20(13-19)15-28-10-8-21(9-11-28)22-5-4-18(2)23(14-22)16-29(17-30)24-6-7-25(31)27-26(24)32/h4-5,14,17,19-21,24H,3,6-13,15-16H2,1-2H3,(H,27,31,32). The van der Waals surface area contributed by atoms with Gasteiger partial charge in [-0.1, -0.05) is 31.5 Å². The molecule has 6 heteroatoms. The second-order valence-electron chi connectivity index (χ2n) is 10.1. The lowest BCUT2D eigenvalue weighted by molar-refractivity contribution is -0.141. The quantitative estimate of drug-likeness (QED) is 0.498. The normalized spacial score (nSPS) is 27.0. The fourth-order valence-electron chi connectivity index (χ4n) is 5.70. The average Bonchev–Trinajstić information content (AvgIpc) is 2.76. The summed E-state index contributed by atoms with van der Waals surface area (Å²) in [6, 6.07) is 6.03. The number of carbonyl (C=O) groups excluding carboxylic acids is 3. The monoisotopic (exact) mass is 439 g/mol. The fourth-order valence-corrected chi connectivity index (χ4v) is 5.70. The lowest BCUT2D eigenvalue weighted by atomic mass is 9.73. The van der Waals surface area contributed by atoms with E-state index < -0.39 is 6.04 Å². The van der Waals surface area contributed by atoms with Gasteiger partial charge in [0.2, 0.25) is 18.2 Å². The minimum absolute atomic E-state index is 0.260. The Hall–Kier alpha value is -2.21. The Morgan fingerprint density at radius 2 is 1.88 bits per heavy atom. The maximum atomic E-state index is 12.2. The van der Waals surface area contributed by atoms with Crippen LogP contribution < -0.4 is 5.32 Å². The Balaban J connectivity index is 1.35. The van der Waals surface area contributed by atoms with E-state index in [2.05, 4.69) is 42.3 Å². The highest BCUT2D eigenvalue weighted by Crippen LogP contribution is 2.37. The molecule has 32 heavy (non-hydrogen) atoms. The fraction of sp³-hybridized carbons (Fsp3) is 0.654. The van der Waals surface area contributed by atoms with E-state index >= 15 is 0 Å². The molecule has 1 aromatic carbocycles. The Kier molecular flexibility index (Phi) is 7.29. The van der Waals surface area contributed by atoms with Gasteiger partial charge in [-0.25, -0.2) is 0 Å². The first-order valence-electron chi connectivity index (χ1n) is 12.3. The number of hydrogen-bond donors (Lipinski definition) is 1. The van der Waals surface area contributed by atoms with Crippen LogP contribution >= 0.6 is 0 Å². The number of nitrogens with one attached hydrogen (secondary N) is 1. The van der Waals surface area contributed by atoms with E-state index in [0.717, 1.165) is 42.5 Å². The molecule has 0 aromatic heterocycles. The van der Waals surface area contributed by atoms with Gasteiger partial charge < -0.3 is 9.80 Å². The molecular weight excluding hydrogens is 402 g/mol. The predicted molar refractivity (Wildman–Crippen MR) is 124 cm³/mol. The van der Waals surface area contributed by atoms with Gasteiger partial charge >= 0.3 is 0 Å². The van der Waals surface area contributed by atoms with E-state index in [-0.39, 0.29) is 18.2 Å². The number of likely N-dealkylation sites (tertiary alicyclic amines) is 1. The highest BCUT2D eigenvalue weighted by Gasteiger charge is 2.32. The third-order valence-corrected chi connectivity index (χ3v) is 7.96. The minimum Gasteiger partial charge on any atom is -0.329 e. The Morgan fingerprint density at radius 3 is 2.53 bits per heavy atom. The second-order valence-corrected chi connectivity index (χ2v) is 10.1. The van der Waals surface area contributed by atoms with Gasteiger partial charge in [0.15, 0.2) is 0 Å². The molecule has 0 spiro atoms. The molecule has 1 aromatic rings. The largest absolute Gasteiger partial charge is 0.329 e. The van der Waals surface area contributed by atoms with E-state index in [1.165, 1.54) is 44.2 Å². The molecule has 1 N–H and O–H groups in total. The maximum absolute atomic E-state index is 12.2. The smallest absolute Gasteiger partial charge is 0.249 e. The number of carbonyl (C=O) groups is 3. The molecule has 3 amide bonds.